The number of furan rings is 1. The largest absolute Gasteiger partial charge is 0.456 e. The standard InChI is InChI=1S/C59H49BN2OS/c1-57(2,3)32-17-20-34(21-18-32)61-48-27-44-37-22-19-33(58(4,5)6)25-53(37)64-54(44)29-41(48)38-23-24-39-42-26-40-35-13-9-11-15-45(35)59(7,8)46(40)30-49(42)62-50-28-43-36-14-10-12-16-51(36)63-52(43)31-47(50)60-55(38)56(39)62/h9-31,60-61H,1-8H3. The molecular formula is C59H49BN2OS. The van der Waals surface area contributed by atoms with Crippen molar-refractivity contribution in [1.82, 2.24) is 4.57 Å². The van der Waals surface area contributed by atoms with Gasteiger partial charge < -0.3 is 14.3 Å². The number of anilines is 2. The number of nitrogens with one attached hydrogen (secondary N) is 1. The highest BCUT2D eigenvalue weighted by atomic mass is 32.1. The van der Waals surface area contributed by atoms with Crippen LogP contribution in [0, 0.1) is 0 Å². The fraction of sp³-hybridized carbons (Fsp3) is 0.186. The Balaban J connectivity index is 1.10. The molecule has 0 bridgehead atoms. The maximum atomic E-state index is 6.59. The molecule has 0 spiro atoms. The molecule has 0 unspecified atom stereocenters. The molecule has 13 rings (SSSR count). The molecule has 0 atom stereocenters. The second-order valence-corrected chi connectivity index (χ2v) is 22.2. The summed E-state index contributed by atoms with van der Waals surface area (Å²) in [6, 6.07) is 53.1. The number of fused-ring (bicyclic) bond motifs is 14. The summed E-state index contributed by atoms with van der Waals surface area (Å²) >= 11 is 1.91. The third-order valence-electron chi connectivity index (χ3n) is 14.7. The minimum atomic E-state index is -0.119. The van der Waals surface area contributed by atoms with Gasteiger partial charge in [0.1, 0.15) is 11.2 Å². The molecule has 64 heavy (non-hydrogen) atoms. The normalized spacial score (nSPS) is 14.2. The van der Waals surface area contributed by atoms with E-state index in [-0.39, 0.29) is 16.2 Å². The zero-order chi connectivity index (χ0) is 43.6. The summed E-state index contributed by atoms with van der Waals surface area (Å²) in [7, 11) is 0.790. The van der Waals surface area contributed by atoms with E-state index in [9.17, 15) is 0 Å². The van der Waals surface area contributed by atoms with Crippen molar-refractivity contribution in [2.24, 2.45) is 0 Å². The van der Waals surface area contributed by atoms with Crippen LogP contribution < -0.4 is 16.2 Å². The molecule has 0 saturated carbocycles. The summed E-state index contributed by atoms with van der Waals surface area (Å²) in [6.45, 7) is 18.5. The number of nitrogens with zero attached hydrogens (tertiary/aromatic N) is 1. The molecule has 1 aliphatic heterocycles. The highest BCUT2D eigenvalue weighted by Crippen LogP contribution is 2.52. The fourth-order valence-corrected chi connectivity index (χ4v) is 12.4. The molecule has 4 heterocycles. The van der Waals surface area contributed by atoms with Crippen molar-refractivity contribution in [2.75, 3.05) is 5.32 Å². The van der Waals surface area contributed by atoms with Gasteiger partial charge in [-0.1, -0.05) is 140 Å². The number of aromatic nitrogens is 1. The monoisotopic (exact) mass is 844 g/mol. The Labute approximate surface area is 378 Å². The first-order chi connectivity index (χ1) is 30.7. The van der Waals surface area contributed by atoms with Gasteiger partial charge in [-0.2, -0.15) is 0 Å². The van der Waals surface area contributed by atoms with E-state index >= 15 is 0 Å². The highest BCUT2D eigenvalue weighted by molar-refractivity contribution is 7.25. The van der Waals surface area contributed by atoms with E-state index in [0.29, 0.717) is 0 Å². The van der Waals surface area contributed by atoms with E-state index in [4.69, 9.17) is 4.42 Å². The molecule has 1 N–H and O–H groups in total. The Bertz CT molecular complexity index is 3830. The van der Waals surface area contributed by atoms with E-state index in [1.165, 1.54) is 103 Å². The first-order valence-electron chi connectivity index (χ1n) is 22.8. The van der Waals surface area contributed by atoms with E-state index < -0.39 is 0 Å². The van der Waals surface area contributed by atoms with Gasteiger partial charge in [0.15, 0.2) is 7.28 Å². The van der Waals surface area contributed by atoms with Gasteiger partial charge in [0, 0.05) is 75.3 Å². The quantitative estimate of drug-likeness (QED) is 0.180. The van der Waals surface area contributed by atoms with Crippen molar-refractivity contribution in [3.05, 3.63) is 162 Å². The van der Waals surface area contributed by atoms with E-state index in [1.807, 2.05) is 11.3 Å². The SMILES string of the molecule is CC(C)(C)c1ccc(Nc2cc3c(cc2-c2ccc4c5cc6c(cc5n5c4c2Bc2cc4oc7ccccc7c4cc2-5)C(C)(C)c2ccccc2-6)sc2cc(C(C)(C)C)ccc23)cc1. The predicted octanol–water partition coefficient (Wildman–Crippen LogP) is 15.1. The lowest BCUT2D eigenvalue weighted by atomic mass is 9.59. The summed E-state index contributed by atoms with van der Waals surface area (Å²) in [4.78, 5) is 0. The van der Waals surface area contributed by atoms with Crippen LogP contribution in [0.1, 0.15) is 77.6 Å². The van der Waals surface area contributed by atoms with Crippen molar-refractivity contribution in [3.63, 3.8) is 0 Å². The molecular weight excluding hydrogens is 796 g/mol. The fourth-order valence-electron chi connectivity index (χ4n) is 11.2. The summed E-state index contributed by atoms with van der Waals surface area (Å²) in [5.41, 5.74) is 21.2. The maximum absolute atomic E-state index is 6.59. The van der Waals surface area contributed by atoms with Gasteiger partial charge in [0.25, 0.3) is 0 Å². The lowest BCUT2D eigenvalue weighted by molar-refractivity contribution is 0.590. The number of benzene rings is 8. The van der Waals surface area contributed by atoms with Crippen LogP contribution in [0.2, 0.25) is 0 Å². The molecule has 1 aliphatic carbocycles. The van der Waals surface area contributed by atoms with Crippen LogP contribution in [0.4, 0.5) is 11.4 Å². The molecule has 3 aromatic heterocycles. The molecule has 0 fully saturated rings. The third-order valence-corrected chi connectivity index (χ3v) is 15.8. The maximum Gasteiger partial charge on any atom is 0.198 e. The van der Waals surface area contributed by atoms with Crippen LogP contribution in [-0.4, -0.2) is 11.8 Å². The van der Waals surface area contributed by atoms with Crippen LogP contribution in [0.3, 0.4) is 0 Å². The third kappa shape index (κ3) is 5.34. The number of rotatable bonds is 3. The molecule has 8 aromatic carbocycles. The van der Waals surface area contributed by atoms with Gasteiger partial charge in [0.05, 0.1) is 5.52 Å². The van der Waals surface area contributed by atoms with Crippen LogP contribution in [0.15, 0.2) is 144 Å². The molecule has 0 amide bonds. The Morgan fingerprint density at radius 2 is 1.28 bits per heavy atom. The number of para-hydroxylation sites is 1. The molecule has 3 nitrogen and oxygen atoms in total. The Morgan fingerprint density at radius 1 is 0.547 bits per heavy atom. The second-order valence-electron chi connectivity index (χ2n) is 21.1. The smallest absolute Gasteiger partial charge is 0.198 e. The minimum Gasteiger partial charge on any atom is -0.456 e. The van der Waals surface area contributed by atoms with Gasteiger partial charge >= 0.3 is 0 Å². The number of thiophene rings is 1. The van der Waals surface area contributed by atoms with Crippen molar-refractivity contribution in [1.29, 1.82) is 0 Å². The average Bonchev–Trinajstić information content (AvgIpc) is 3.98. The lowest BCUT2D eigenvalue weighted by Gasteiger charge is -2.25. The van der Waals surface area contributed by atoms with Crippen molar-refractivity contribution in [3.8, 4) is 27.9 Å². The molecule has 0 radical (unpaired) electrons. The van der Waals surface area contributed by atoms with Crippen LogP contribution >= 0.6 is 11.3 Å². The zero-order valence-corrected chi connectivity index (χ0v) is 38.6. The first kappa shape index (κ1) is 38.0. The van der Waals surface area contributed by atoms with Crippen LogP contribution in [-0.2, 0) is 16.2 Å². The van der Waals surface area contributed by atoms with E-state index in [2.05, 4.69) is 205 Å². The minimum absolute atomic E-state index is 0.0709. The number of hydrogen-bond acceptors (Lipinski definition) is 3. The summed E-state index contributed by atoms with van der Waals surface area (Å²) in [5, 5.41) is 11.5. The Kier molecular flexibility index (Phi) is 7.59. The topological polar surface area (TPSA) is 30.1 Å². The molecule has 0 saturated heterocycles. The Morgan fingerprint density at radius 3 is 2.09 bits per heavy atom. The molecule has 310 valence electrons. The van der Waals surface area contributed by atoms with Crippen LogP contribution in [0.5, 0.6) is 0 Å². The summed E-state index contributed by atoms with van der Waals surface area (Å²) < 4.78 is 11.8. The van der Waals surface area contributed by atoms with Crippen molar-refractivity contribution in [2.45, 2.75) is 71.6 Å². The molecule has 11 aromatic rings. The summed E-state index contributed by atoms with van der Waals surface area (Å²) in [5.74, 6) is 0. The van der Waals surface area contributed by atoms with E-state index in [0.717, 1.165) is 40.6 Å². The van der Waals surface area contributed by atoms with Gasteiger partial charge in [-0.25, -0.2) is 0 Å². The van der Waals surface area contributed by atoms with Crippen molar-refractivity contribution < 1.29 is 4.42 Å². The number of hydrogen-bond donors (Lipinski definition) is 1. The molecule has 5 heteroatoms. The summed E-state index contributed by atoms with van der Waals surface area (Å²) in [6.07, 6.45) is 0. The van der Waals surface area contributed by atoms with E-state index in [1.54, 1.807) is 0 Å². The van der Waals surface area contributed by atoms with Crippen molar-refractivity contribution >= 4 is 105 Å². The van der Waals surface area contributed by atoms with Gasteiger partial charge in [0.2, 0.25) is 0 Å². The van der Waals surface area contributed by atoms with Gasteiger partial charge in [-0.15, -0.1) is 11.3 Å². The zero-order valence-electron chi connectivity index (χ0n) is 37.7. The predicted molar refractivity (Wildman–Crippen MR) is 277 cm³/mol. The Hall–Kier alpha value is -6.56. The average molecular weight is 845 g/mol. The van der Waals surface area contributed by atoms with Gasteiger partial charge in [-0.05, 0) is 116 Å². The van der Waals surface area contributed by atoms with Gasteiger partial charge in [-0.3, -0.25) is 0 Å². The molecule has 2 aliphatic rings. The second kappa shape index (κ2) is 12.8. The highest BCUT2D eigenvalue weighted by Gasteiger charge is 2.37. The lowest BCUT2D eigenvalue weighted by Crippen LogP contribution is -2.37. The van der Waals surface area contributed by atoms with Crippen LogP contribution in [0.25, 0.3) is 91.9 Å². The first-order valence-corrected chi connectivity index (χ1v) is 23.6.